The number of allylic oxidation sites excluding steroid dienone is 3. The fraction of sp³-hybridized carbons (Fsp3) is 0.231. The van der Waals surface area contributed by atoms with Gasteiger partial charge in [0, 0.05) is 6.42 Å². The standard InChI is InChI=1S/C13H12F2O/c14-11-5-1-9(2-6-11)13(16)10-3-7-12(15)8-4-10/h1-3,5-7,13,16H,4,8H2. The summed E-state index contributed by atoms with van der Waals surface area (Å²) in [6.45, 7) is 0. The van der Waals surface area contributed by atoms with Crippen molar-refractivity contribution < 1.29 is 13.9 Å². The Kier molecular flexibility index (Phi) is 3.15. The van der Waals surface area contributed by atoms with E-state index < -0.39 is 6.10 Å². The molecule has 1 nitrogen and oxygen atoms in total. The van der Waals surface area contributed by atoms with Gasteiger partial charge in [0.15, 0.2) is 0 Å². The lowest BCUT2D eigenvalue weighted by atomic mass is 9.94. The van der Waals surface area contributed by atoms with Crippen LogP contribution < -0.4 is 0 Å². The van der Waals surface area contributed by atoms with E-state index in [2.05, 4.69) is 0 Å². The zero-order valence-corrected chi connectivity index (χ0v) is 8.66. The first-order valence-electron chi connectivity index (χ1n) is 5.15. The number of hydrogen-bond donors (Lipinski definition) is 1. The van der Waals surface area contributed by atoms with Crippen molar-refractivity contribution in [2.45, 2.75) is 18.9 Å². The second kappa shape index (κ2) is 4.58. The summed E-state index contributed by atoms with van der Waals surface area (Å²) in [5.41, 5.74) is 1.39. The lowest BCUT2D eigenvalue weighted by Crippen LogP contribution is -2.04. The van der Waals surface area contributed by atoms with Crippen LogP contribution in [0.4, 0.5) is 8.78 Å². The van der Waals surface area contributed by atoms with Gasteiger partial charge < -0.3 is 5.11 Å². The van der Waals surface area contributed by atoms with Gasteiger partial charge in [0.25, 0.3) is 0 Å². The molecule has 0 fully saturated rings. The zero-order chi connectivity index (χ0) is 11.5. The average Bonchev–Trinajstić information content (AvgIpc) is 2.30. The van der Waals surface area contributed by atoms with Crippen LogP contribution in [0.25, 0.3) is 0 Å². The summed E-state index contributed by atoms with van der Waals surface area (Å²) >= 11 is 0. The van der Waals surface area contributed by atoms with Crippen LogP contribution in [0.2, 0.25) is 0 Å². The van der Waals surface area contributed by atoms with Crippen molar-refractivity contribution in [2.24, 2.45) is 0 Å². The second-order valence-corrected chi connectivity index (χ2v) is 3.81. The maximum atomic E-state index is 12.8. The minimum Gasteiger partial charge on any atom is -0.384 e. The summed E-state index contributed by atoms with van der Waals surface area (Å²) in [5.74, 6) is -0.505. The highest BCUT2D eigenvalue weighted by Gasteiger charge is 2.15. The normalized spacial score (nSPS) is 17.7. The molecule has 1 aliphatic rings. The van der Waals surface area contributed by atoms with Crippen molar-refractivity contribution in [3.05, 3.63) is 59.2 Å². The van der Waals surface area contributed by atoms with Crippen molar-refractivity contribution in [1.82, 2.24) is 0 Å². The lowest BCUT2D eigenvalue weighted by molar-refractivity contribution is 0.210. The van der Waals surface area contributed by atoms with Gasteiger partial charge in [-0.25, -0.2) is 8.78 Å². The van der Waals surface area contributed by atoms with E-state index in [4.69, 9.17) is 0 Å². The fourth-order valence-electron chi connectivity index (χ4n) is 1.71. The minimum absolute atomic E-state index is 0.171. The molecule has 1 aromatic rings. The highest BCUT2D eigenvalue weighted by atomic mass is 19.1. The van der Waals surface area contributed by atoms with E-state index in [1.54, 1.807) is 6.08 Å². The van der Waals surface area contributed by atoms with E-state index in [0.29, 0.717) is 18.4 Å². The van der Waals surface area contributed by atoms with Gasteiger partial charge in [0.1, 0.15) is 17.7 Å². The Balaban J connectivity index is 2.19. The van der Waals surface area contributed by atoms with Gasteiger partial charge in [-0.2, -0.15) is 0 Å². The molecular formula is C13H12F2O. The van der Waals surface area contributed by atoms with E-state index in [9.17, 15) is 13.9 Å². The zero-order valence-electron chi connectivity index (χ0n) is 8.66. The molecule has 1 aliphatic carbocycles. The van der Waals surface area contributed by atoms with Gasteiger partial charge in [0.2, 0.25) is 0 Å². The summed E-state index contributed by atoms with van der Waals surface area (Å²) < 4.78 is 25.4. The molecule has 1 atom stereocenters. The maximum absolute atomic E-state index is 12.8. The first kappa shape index (κ1) is 11.0. The summed E-state index contributed by atoms with van der Waals surface area (Å²) in [5, 5.41) is 9.98. The molecule has 3 heteroatoms. The number of aliphatic hydroxyl groups excluding tert-OH is 1. The number of halogens is 2. The van der Waals surface area contributed by atoms with Crippen LogP contribution in [0.3, 0.4) is 0 Å². The van der Waals surface area contributed by atoms with Crippen LogP contribution in [0.5, 0.6) is 0 Å². The SMILES string of the molecule is OC(C1=CC=C(F)CC1)c1ccc(F)cc1. The predicted molar refractivity (Wildman–Crippen MR) is 57.9 cm³/mol. The fourth-order valence-corrected chi connectivity index (χ4v) is 1.71. The summed E-state index contributed by atoms with van der Waals surface area (Å²) in [6, 6.07) is 5.68. The van der Waals surface area contributed by atoms with Crippen LogP contribution in [-0.4, -0.2) is 5.11 Å². The van der Waals surface area contributed by atoms with Crippen molar-refractivity contribution in [1.29, 1.82) is 0 Å². The van der Waals surface area contributed by atoms with Gasteiger partial charge >= 0.3 is 0 Å². The van der Waals surface area contributed by atoms with Crippen molar-refractivity contribution in [3.8, 4) is 0 Å². The molecule has 1 aromatic carbocycles. The van der Waals surface area contributed by atoms with E-state index >= 15 is 0 Å². The Bertz CT molecular complexity index is 432. The van der Waals surface area contributed by atoms with Crippen molar-refractivity contribution >= 4 is 0 Å². The molecule has 1 unspecified atom stereocenters. The van der Waals surface area contributed by atoms with Crippen LogP contribution in [-0.2, 0) is 0 Å². The lowest BCUT2D eigenvalue weighted by Gasteiger charge is -2.17. The smallest absolute Gasteiger partial charge is 0.123 e. The molecule has 0 aliphatic heterocycles. The Morgan fingerprint density at radius 1 is 1.00 bits per heavy atom. The third-order valence-corrected chi connectivity index (χ3v) is 2.67. The first-order valence-corrected chi connectivity index (χ1v) is 5.15. The van der Waals surface area contributed by atoms with E-state index in [-0.39, 0.29) is 11.6 Å². The monoisotopic (exact) mass is 222 g/mol. The number of benzene rings is 1. The van der Waals surface area contributed by atoms with Gasteiger partial charge in [0.05, 0.1) is 0 Å². The van der Waals surface area contributed by atoms with Crippen LogP contribution in [0, 0.1) is 5.82 Å². The molecule has 0 heterocycles. The molecule has 2 rings (SSSR count). The molecule has 0 amide bonds. The van der Waals surface area contributed by atoms with Gasteiger partial charge in [-0.05, 0) is 35.8 Å². The summed E-state index contributed by atoms with van der Waals surface area (Å²) in [6.07, 6.45) is 3.01. The topological polar surface area (TPSA) is 20.2 Å². The minimum atomic E-state index is -0.773. The van der Waals surface area contributed by atoms with Gasteiger partial charge in [-0.1, -0.05) is 18.2 Å². The quantitative estimate of drug-likeness (QED) is 0.812. The maximum Gasteiger partial charge on any atom is 0.123 e. The van der Waals surface area contributed by atoms with Crippen LogP contribution in [0.15, 0.2) is 47.8 Å². The first-order chi connectivity index (χ1) is 7.66. The number of hydrogen-bond acceptors (Lipinski definition) is 1. The molecule has 0 bridgehead atoms. The number of aliphatic hydroxyl groups is 1. The Morgan fingerprint density at radius 3 is 2.25 bits per heavy atom. The Morgan fingerprint density at radius 2 is 1.69 bits per heavy atom. The molecule has 1 N–H and O–H groups in total. The summed E-state index contributed by atoms with van der Waals surface area (Å²) in [4.78, 5) is 0. The highest BCUT2D eigenvalue weighted by molar-refractivity contribution is 5.31. The number of rotatable bonds is 2. The largest absolute Gasteiger partial charge is 0.384 e. The molecule has 0 radical (unpaired) electrons. The second-order valence-electron chi connectivity index (χ2n) is 3.81. The molecule has 0 saturated heterocycles. The van der Waals surface area contributed by atoms with E-state index in [1.807, 2.05) is 0 Å². The van der Waals surface area contributed by atoms with E-state index in [1.165, 1.54) is 30.3 Å². The Hall–Kier alpha value is -1.48. The third-order valence-electron chi connectivity index (χ3n) is 2.67. The van der Waals surface area contributed by atoms with Crippen LogP contribution in [0.1, 0.15) is 24.5 Å². The highest BCUT2D eigenvalue weighted by Crippen LogP contribution is 2.29. The van der Waals surface area contributed by atoms with Crippen molar-refractivity contribution in [2.75, 3.05) is 0 Å². The molecule has 16 heavy (non-hydrogen) atoms. The van der Waals surface area contributed by atoms with Crippen LogP contribution >= 0.6 is 0 Å². The molecular weight excluding hydrogens is 210 g/mol. The third kappa shape index (κ3) is 2.36. The molecule has 0 saturated carbocycles. The van der Waals surface area contributed by atoms with Gasteiger partial charge in [-0.15, -0.1) is 0 Å². The average molecular weight is 222 g/mol. The molecule has 0 aromatic heterocycles. The summed E-state index contributed by atoms with van der Waals surface area (Å²) in [7, 11) is 0. The van der Waals surface area contributed by atoms with E-state index in [0.717, 1.165) is 5.57 Å². The van der Waals surface area contributed by atoms with Crippen molar-refractivity contribution in [3.63, 3.8) is 0 Å². The van der Waals surface area contributed by atoms with Gasteiger partial charge in [-0.3, -0.25) is 0 Å². The predicted octanol–water partition coefficient (Wildman–Crippen LogP) is 3.43. The molecule has 84 valence electrons. The Labute approximate surface area is 92.7 Å². The molecule has 0 spiro atoms.